The van der Waals surface area contributed by atoms with E-state index < -0.39 is 12.1 Å². The molecule has 0 saturated carbocycles. The zero-order chi connectivity index (χ0) is 27.9. The summed E-state index contributed by atoms with van der Waals surface area (Å²) < 4.78 is 0. The standard InChI is InChI=1S/C36H28N4O2/c41-35-30-20-26-24-16-8-10-18-28(24)38-32(26)34(22-13-5-2-6-14-22)40(30)36(42)29-19-25-23-15-7-9-17-27(23)37-31(25)33(39(29)35)21-11-3-1-4-12-21/h1-18,29-30,33-34,37-38H,19-20H2/t29-,30-,33+,34+/m0/s1. The molecule has 4 atom stereocenters. The molecule has 0 spiro atoms. The summed E-state index contributed by atoms with van der Waals surface area (Å²) in [6.45, 7) is 0. The highest BCUT2D eigenvalue weighted by Gasteiger charge is 2.56. The number of aromatic nitrogens is 2. The molecule has 2 amide bonds. The number of para-hydroxylation sites is 2. The summed E-state index contributed by atoms with van der Waals surface area (Å²) in [6.07, 6.45) is 0.967. The van der Waals surface area contributed by atoms with Gasteiger partial charge in [-0.2, -0.15) is 0 Å². The van der Waals surface area contributed by atoms with Crippen LogP contribution in [0.3, 0.4) is 0 Å². The normalized spacial score (nSPS) is 23.0. The van der Waals surface area contributed by atoms with Crippen LogP contribution in [0.1, 0.15) is 45.7 Å². The van der Waals surface area contributed by atoms with E-state index in [2.05, 4.69) is 58.5 Å². The highest BCUT2D eigenvalue weighted by Crippen LogP contribution is 2.48. The average Bonchev–Trinajstić information content (AvgIpc) is 3.60. The molecule has 6 aromatic rings. The summed E-state index contributed by atoms with van der Waals surface area (Å²) >= 11 is 0. The summed E-state index contributed by atoms with van der Waals surface area (Å²) in [4.78, 5) is 40.9. The van der Waals surface area contributed by atoms with Crippen LogP contribution in [0, 0.1) is 0 Å². The molecule has 1 saturated heterocycles. The number of piperazine rings is 1. The number of amides is 2. The Morgan fingerprint density at radius 2 is 0.881 bits per heavy atom. The average molecular weight is 549 g/mol. The molecule has 3 aliphatic heterocycles. The number of carbonyl (C=O) groups excluding carboxylic acids is 2. The van der Waals surface area contributed by atoms with Crippen LogP contribution in [0.25, 0.3) is 21.8 Å². The lowest BCUT2D eigenvalue weighted by Crippen LogP contribution is -2.69. The Morgan fingerprint density at radius 3 is 1.31 bits per heavy atom. The second-order valence-electron chi connectivity index (χ2n) is 11.7. The van der Waals surface area contributed by atoms with Gasteiger partial charge in [0.05, 0.1) is 12.1 Å². The van der Waals surface area contributed by atoms with Gasteiger partial charge in [-0.1, -0.05) is 97.1 Å². The van der Waals surface area contributed by atoms with Gasteiger partial charge >= 0.3 is 0 Å². The van der Waals surface area contributed by atoms with Crippen molar-refractivity contribution in [1.29, 1.82) is 0 Å². The van der Waals surface area contributed by atoms with Crippen LogP contribution < -0.4 is 0 Å². The Bertz CT molecular complexity index is 1880. The van der Waals surface area contributed by atoms with Gasteiger partial charge in [0.2, 0.25) is 11.8 Å². The number of carbonyl (C=O) groups is 2. The van der Waals surface area contributed by atoms with Crippen molar-refractivity contribution in [3.8, 4) is 0 Å². The third-order valence-corrected chi connectivity index (χ3v) is 9.57. The number of benzene rings is 4. The zero-order valence-corrected chi connectivity index (χ0v) is 22.8. The lowest BCUT2D eigenvalue weighted by Gasteiger charge is -2.53. The number of nitrogens with one attached hydrogen (secondary N) is 2. The Balaban J connectivity index is 1.27. The maximum Gasteiger partial charge on any atom is 0.247 e. The molecule has 1 fully saturated rings. The fourth-order valence-corrected chi connectivity index (χ4v) is 7.81. The van der Waals surface area contributed by atoms with Crippen molar-refractivity contribution >= 4 is 33.6 Å². The van der Waals surface area contributed by atoms with Crippen LogP contribution in [0.4, 0.5) is 0 Å². The van der Waals surface area contributed by atoms with Gasteiger partial charge in [0.25, 0.3) is 0 Å². The Labute approximate surface area is 242 Å². The maximum absolute atomic E-state index is 14.9. The quantitative estimate of drug-likeness (QED) is 0.277. The van der Waals surface area contributed by atoms with Crippen molar-refractivity contribution < 1.29 is 9.59 Å². The van der Waals surface area contributed by atoms with E-state index >= 15 is 0 Å². The van der Waals surface area contributed by atoms with E-state index in [0.29, 0.717) is 12.8 Å². The Morgan fingerprint density at radius 1 is 0.500 bits per heavy atom. The first-order valence-electron chi connectivity index (χ1n) is 14.6. The highest BCUT2D eigenvalue weighted by molar-refractivity contribution is 6.01. The number of fused-ring (bicyclic) bond motifs is 8. The Kier molecular flexibility index (Phi) is 4.89. The van der Waals surface area contributed by atoms with Crippen molar-refractivity contribution in [2.75, 3.05) is 0 Å². The molecule has 3 aliphatic rings. The van der Waals surface area contributed by atoms with E-state index in [0.717, 1.165) is 55.4 Å². The molecule has 2 aromatic heterocycles. The number of rotatable bonds is 2. The van der Waals surface area contributed by atoms with E-state index in [4.69, 9.17) is 0 Å². The predicted octanol–water partition coefficient (Wildman–Crippen LogP) is 6.05. The minimum atomic E-state index is -0.595. The van der Waals surface area contributed by atoms with Crippen LogP contribution >= 0.6 is 0 Å². The predicted molar refractivity (Wildman–Crippen MR) is 162 cm³/mol. The third kappa shape index (κ3) is 3.15. The van der Waals surface area contributed by atoms with E-state index in [9.17, 15) is 9.59 Å². The fraction of sp³-hybridized carbons (Fsp3) is 0.167. The number of hydrogen-bond acceptors (Lipinski definition) is 2. The summed E-state index contributed by atoms with van der Waals surface area (Å²) in [5, 5.41) is 2.23. The lowest BCUT2D eigenvalue weighted by molar-refractivity contribution is -0.167. The van der Waals surface area contributed by atoms with Crippen molar-refractivity contribution in [2.45, 2.75) is 37.0 Å². The molecule has 0 unspecified atom stereocenters. The second-order valence-corrected chi connectivity index (χ2v) is 11.7. The van der Waals surface area contributed by atoms with Gasteiger partial charge in [-0.05, 0) is 34.4 Å². The Hall–Kier alpha value is -5.10. The topological polar surface area (TPSA) is 72.2 Å². The van der Waals surface area contributed by atoms with Crippen LogP contribution in [0.5, 0.6) is 0 Å². The second kappa shape index (κ2) is 8.70. The van der Waals surface area contributed by atoms with Gasteiger partial charge in [0, 0.05) is 46.0 Å². The molecule has 0 aliphatic carbocycles. The van der Waals surface area contributed by atoms with E-state index in [1.54, 1.807) is 0 Å². The van der Waals surface area contributed by atoms with Gasteiger partial charge in [0.15, 0.2) is 0 Å². The molecule has 6 nitrogen and oxygen atoms in total. The zero-order valence-electron chi connectivity index (χ0n) is 22.8. The fourth-order valence-electron chi connectivity index (χ4n) is 7.81. The van der Waals surface area contributed by atoms with Crippen LogP contribution in [-0.4, -0.2) is 43.7 Å². The highest BCUT2D eigenvalue weighted by atomic mass is 16.2. The van der Waals surface area contributed by atoms with Gasteiger partial charge < -0.3 is 19.8 Å². The monoisotopic (exact) mass is 548 g/mol. The first kappa shape index (κ1) is 23.6. The van der Waals surface area contributed by atoms with E-state index in [-0.39, 0.29) is 23.9 Å². The first-order valence-corrected chi connectivity index (χ1v) is 14.6. The number of hydrogen-bond donors (Lipinski definition) is 2. The number of H-pyrrole nitrogens is 2. The molecule has 6 heteroatoms. The van der Waals surface area contributed by atoms with Crippen LogP contribution in [-0.2, 0) is 22.4 Å². The molecule has 2 N–H and O–H groups in total. The van der Waals surface area contributed by atoms with Crippen molar-refractivity contribution in [3.05, 3.63) is 143 Å². The smallest absolute Gasteiger partial charge is 0.247 e. The van der Waals surface area contributed by atoms with Gasteiger partial charge in [-0.3, -0.25) is 9.59 Å². The van der Waals surface area contributed by atoms with Gasteiger partial charge in [-0.25, -0.2) is 0 Å². The van der Waals surface area contributed by atoms with Gasteiger partial charge in [0.1, 0.15) is 12.1 Å². The SMILES string of the molecule is O=C1[C@@H]2Cc3c([nH]c4ccccc34)[C@@H](c3ccccc3)N2C(=O)[C@@H]2Cc3c([nH]c4ccccc34)[C@@H](c3ccccc3)N12. The van der Waals surface area contributed by atoms with Gasteiger partial charge in [-0.15, -0.1) is 0 Å². The summed E-state index contributed by atoms with van der Waals surface area (Å²) in [5.41, 5.74) is 8.35. The number of nitrogens with zero attached hydrogens (tertiary/aromatic N) is 2. The van der Waals surface area contributed by atoms with Crippen molar-refractivity contribution in [1.82, 2.24) is 19.8 Å². The lowest BCUT2D eigenvalue weighted by atomic mass is 9.80. The van der Waals surface area contributed by atoms with Crippen LogP contribution in [0.15, 0.2) is 109 Å². The molecule has 4 aromatic carbocycles. The number of aromatic amines is 2. The minimum absolute atomic E-state index is 0.00891. The molecule has 42 heavy (non-hydrogen) atoms. The summed E-state index contributed by atoms with van der Waals surface area (Å²) in [6, 6.07) is 34.9. The maximum atomic E-state index is 14.9. The van der Waals surface area contributed by atoms with E-state index in [1.165, 1.54) is 0 Å². The molecule has 5 heterocycles. The molecular formula is C36H28N4O2. The summed E-state index contributed by atoms with van der Waals surface area (Å²) in [5.74, 6) is 0.0178. The third-order valence-electron chi connectivity index (χ3n) is 9.57. The van der Waals surface area contributed by atoms with Crippen molar-refractivity contribution in [3.63, 3.8) is 0 Å². The molecule has 0 radical (unpaired) electrons. The molecule has 9 rings (SSSR count). The van der Waals surface area contributed by atoms with E-state index in [1.807, 2.05) is 70.5 Å². The molecular weight excluding hydrogens is 520 g/mol. The largest absolute Gasteiger partial charge is 0.356 e. The van der Waals surface area contributed by atoms with Crippen LogP contribution in [0.2, 0.25) is 0 Å². The first-order chi connectivity index (χ1) is 20.7. The van der Waals surface area contributed by atoms with Crippen molar-refractivity contribution in [2.24, 2.45) is 0 Å². The minimum Gasteiger partial charge on any atom is -0.356 e. The molecule has 204 valence electrons. The summed E-state index contributed by atoms with van der Waals surface area (Å²) in [7, 11) is 0. The molecule has 0 bridgehead atoms.